The number of nitrogens with one attached hydrogen (secondary N) is 1. The van der Waals surface area contributed by atoms with Gasteiger partial charge in [-0.3, -0.25) is 9.69 Å². The van der Waals surface area contributed by atoms with Crippen LogP contribution in [0.4, 0.5) is 11.4 Å². The van der Waals surface area contributed by atoms with Crippen molar-refractivity contribution in [2.75, 3.05) is 37.4 Å². The van der Waals surface area contributed by atoms with Gasteiger partial charge in [-0.1, -0.05) is 11.6 Å². The van der Waals surface area contributed by atoms with Crippen molar-refractivity contribution in [2.24, 2.45) is 0 Å². The minimum atomic E-state index is -0.0636. The third-order valence-corrected chi connectivity index (χ3v) is 3.95. The molecule has 1 fully saturated rings. The van der Waals surface area contributed by atoms with Crippen molar-refractivity contribution in [1.29, 1.82) is 0 Å². The highest BCUT2D eigenvalue weighted by atomic mass is 35.5. The summed E-state index contributed by atoms with van der Waals surface area (Å²) in [6.07, 6.45) is 0.412. The molecule has 0 radical (unpaired) electrons. The van der Waals surface area contributed by atoms with Gasteiger partial charge < -0.3 is 15.8 Å². The van der Waals surface area contributed by atoms with Crippen LogP contribution in [-0.2, 0) is 9.53 Å². The number of benzene rings is 1. The molecule has 1 aromatic carbocycles. The van der Waals surface area contributed by atoms with Gasteiger partial charge in [-0.2, -0.15) is 0 Å². The molecule has 0 aromatic heterocycles. The zero-order valence-electron chi connectivity index (χ0n) is 12.5. The topological polar surface area (TPSA) is 67.6 Å². The van der Waals surface area contributed by atoms with Crippen molar-refractivity contribution >= 4 is 28.9 Å². The van der Waals surface area contributed by atoms with E-state index in [4.69, 9.17) is 22.1 Å². The molecule has 1 aromatic rings. The Labute approximate surface area is 130 Å². The lowest BCUT2D eigenvalue weighted by molar-refractivity contribution is -0.117. The van der Waals surface area contributed by atoms with Crippen LogP contribution in [0, 0.1) is 0 Å². The maximum absolute atomic E-state index is 12.1. The lowest BCUT2D eigenvalue weighted by Crippen LogP contribution is -2.53. The monoisotopic (exact) mass is 311 g/mol. The fourth-order valence-electron chi connectivity index (χ4n) is 2.39. The quantitative estimate of drug-likeness (QED) is 0.838. The lowest BCUT2D eigenvalue weighted by Gasteiger charge is -2.42. The fourth-order valence-corrected chi connectivity index (χ4v) is 2.56. The Bertz CT molecular complexity index is 520. The number of nitrogen functional groups attached to an aromatic ring is 1. The summed E-state index contributed by atoms with van der Waals surface area (Å²) < 4.78 is 5.47. The van der Waals surface area contributed by atoms with Gasteiger partial charge in [0.15, 0.2) is 0 Å². The normalized spacial score (nSPS) is 18.4. The van der Waals surface area contributed by atoms with E-state index in [1.165, 1.54) is 0 Å². The number of nitrogens with two attached hydrogens (primary N) is 1. The van der Waals surface area contributed by atoms with Crippen LogP contribution < -0.4 is 11.1 Å². The van der Waals surface area contributed by atoms with Gasteiger partial charge in [-0.15, -0.1) is 0 Å². The number of ether oxygens (including phenoxy) is 1. The number of hydrogen-bond acceptors (Lipinski definition) is 4. The summed E-state index contributed by atoms with van der Waals surface area (Å²) in [5, 5.41) is 3.36. The Morgan fingerprint density at radius 3 is 3.00 bits per heavy atom. The Kier molecular flexibility index (Phi) is 5.08. The molecule has 0 bridgehead atoms. The van der Waals surface area contributed by atoms with Crippen LogP contribution in [0.1, 0.15) is 20.3 Å². The Morgan fingerprint density at radius 1 is 1.52 bits per heavy atom. The maximum Gasteiger partial charge on any atom is 0.225 e. The predicted octanol–water partition coefficient (Wildman–Crippen LogP) is 2.36. The van der Waals surface area contributed by atoms with Crippen molar-refractivity contribution < 1.29 is 9.53 Å². The molecule has 0 unspecified atom stereocenters. The van der Waals surface area contributed by atoms with Crippen LogP contribution in [0.15, 0.2) is 18.2 Å². The molecule has 1 saturated heterocycles. The second kappa shape index (κ2) is 6.64. The van der Waals surface area contributed by atoms with Crippen LogP contribution in [0.25, 0.3) is 0 Å². The molecule has 1 amide bonds. The van der Waals surface area contributed by atoms with Crippen LogP contribution in [0.2, 0.25) is 5.02 Å². The summed E-state index contributed by atoms with van der Waals surface area (Å²) in [6, 6.07) is 5.04. The summed E-state index contributed by atoms with van der Waals surface area (Å²) in [6.45, 7) is 7.20. The lowest BCUT2D eigenvalue weighted by atomic mass is 10.0. The smallest absolute Gasteiger partial charge is 0.225 e. The minimum Gasteiger partial charge on any atom is -0.397 e. The molecular formula is C15H22ClN3O2. The molecule has 0 spiro atoms. The molecular weight excluding hydrogens is 290 g/mol. The molecule has 21 heavy (non-hydrogen) atoms. The number of carbonyl (C=O) groups is 1. The first kappa shape index (κ1) is 16.1. The Hall–Kier alpha value is -1.30. The summed E-state index contributed by atoms with van der Waals surface area (Å²) >= 11 is 5.91. The molecule has 1 aliphatic heterocycles. The number of halogens is 1. The van der Waals surface area contributed by atoms with E-state index in [1.54, 1.807) is 18.2 Å². The highest BCUT2D eigenvalue weighted by Crippen LogP contribution is 2.23. The summed E-state index contributed by atoms with van der Waals surface area (Å²) in [5.41, 5.74) is 6.86. The molecule has 0 saturated carbocycles. The largest absolute Gasteiger partial charge is 0.397 e. The first-order valence-corrected chi connectivity index (χ1v) is 7.44. The zero-order chi connectivity index (χ0) is 15.5. The van der Waals surface area contributed by atoms with Crippen molar-refractivity contribution in [1.82, 2.24) is 4.90 Å². The van der Waals surface area contributed by atoms with Gasteiger partial charge in [0.25, 0.3) is 0 Å². The average molecular weight is 312 g/mol. The summed E-state index contributed by atoms with van der Waals surface area (Å²) in [7, 11) is 0. The van der Waals surface area contributed by atoms with Crippen LogP contribution in [0.3, 0.4) is 0 Å². The standard InChI is InChI=1S/C15H22ClN3O2/c1-15(2)10-21-8-7-19(15)6-5-14(20)18-13-9-11(16)3-4-12(13)17/h3-4,9H,5-8,10,17H2,1-2H3,(H,18,20). The number of carbonyl (C=O) groups excluding carboxylic acids is 1. The number of rotatable bonds is 4. The van der Waals surface area contributed by atoms with Crippen LogP contribution in [0.5, 0.6) is 0 Å². The second-order valence-electron chi connectivity index (χ2n) is 5.88. The third-order valence-electron chi connectivity index (χ3n) is 3.72. The molecule has 1 aliphatic rings. The van der Waals surface area contributed by atoms with Gasteiger partial charge in [0.1, 0.15) is 0 Å². The summed E-state index contributed by atoms with van der Waals surface area (Å²) in [5.74, 6) is -0.0636. The molecule has 2 rings (SSSR count). The number of hydrogen-bond donors (Lipinski definition) is 2. The Morgan fingerprint density at radius 2 is 2.29 bits per heavy atom. The second-order valence-corrected chi connectivity index (χ2v) is 6.32. The molecule has 1 heterocycles. The first-order chi connectivity index (χ1) is 9.88. The van der Waals surface area contributed by atoms with E-state index in [-0.39, 0.29) is 11.4 Å². The number of nitrogens with zero attached hydrogens (tertiary/aromatic N) is 1. The van der Waals surface area contributed by atoms with Gasteiger partial charge in [0.2, 0.25) is 5.91 Å². The third kappa shape index (κ3) is 4.33. The number of amides is 1. The van der Waals surface area contributed by atoms with Gasteiger partial charge in [-0.25, -0.2) is 0 Å². The Balaban J connectivity index is 1.89. The molecule has 6 heteroatoms. The van der Waals surface area contributed by atoms with Gasteiger partial charge in [-0.05, 0) is 32.0 Å². The van der Waals surface area contributed by atoms with Crippen molar-refractivity contribution in [3.8, 4) is 0 Å². The van der Waals surface area contributed by atoms with E-state index in [2.05, 4.69) is 24.1 Å². The average Bonchev–Trinajstić information content (AvgIpc) is 2.41. The van der Waals surface area contributed by atoms with Crippen LogP contribution >= 0.6 is 11.6 Å². The van der Waals surface area contributed by atoms with E-state index in [0.29, 0.717) is 42.6 Å². The highest BCUT2D eigenvalue weighted by molar-refractivity contribution is 6.31. The molecule has 0 aliphatic carbocycles. The summed E-state index contributed by atoms with van der Waals surface area (Å²) in [4.78, 5) is 14.3. The molecule has 116 valence electrons. The van der Waals surface area contributed by atoms with E-state index < -0.39 is 0 Å². The van der Waals surface area contributed by atoms with E-state index in [1.807, 2.05) is 0 Å². The van der Waals surface area contributed by atoms with Crippen molar-refractivity contribution in [3.05, 3.63) is 23.2 Å². The number of morpholine rings is 1. The highest BCUT2D eigenvalue weighted by Gasteiger charge is 2.30. The first-order valence-electron chi connectivity index (χ1n) is 7.06. The molecule has 0 atom stereocenters. The van der Waals surface area contributed by atoms with E-state index in [9.17, 15) is 4.79 Å². The van der Waals surface area contributed by atoms with Gasteiger partial charge in [0.05, 0.1) is 24.6 Å². The van der Waals surface area contributed by atoms with E-state index in [0.717, 1.165) is 6.54 Å². The molecule has 3 N–H and O–H groups in total. The van der Waals surface area contributed by atoms with Gasteiger partial charge >= 0.3 is 0 Å². The van der Waals surface area contributed by atoms with Gasteiger partial charge in [0, 0.05) is 30.1 Å². The van der Waals surface area contributed by atoms with Crippen LogP contribution in [-0.4, -0.2) is 42.6 Å². The number of anilines is 2. The van der Waals surface area contributed by atoms with Crippen molar-refractivity contribution in [2.45, 2.75) is 25.8 Å². The minimum absolute atomic E-state index is 0.0341. The predicted molar refractivity (Wildman–Crippen MR) is 85.6 cm³/mol. The van der Waals surface area contributed by atoms with E-state index >= 15 is 0 Å². The van der Waals surface area contributed by atoms with Crippen molar-refractivity contribution in [3.63, 3.8) is 0 Å². The fraction of sp³-hybridized carbons (Fsp3) is 0.533. The molecule has 5 nitrogen and oxygen atoms in total. The zero-order valence-corrected chi connectivity index (χ0v) is 13.2. The maximum atomic E-state index is 12.1. The SMILES string of the molecule is CC1(C)COCCN1CCC(=O)Nc1cc(Cl)ccc1N.